The summed E-state index contributed by atoms with van der Waals surface area (Å²) in [5.74, 6) is -0.353. The van der Waals surface area contributed by atoms with Crippen molar-refractivity contribution in [2.45, 2.75) is 6.92 Å². The van der Waals surface area contributed by atoms with Gasteiger partial charge in [-0.15, -0.1) is 5.10 Å². The van der Waals surface area contributed by atoms with E-state index in [9.17, 15) is 9.18 Å². The van der Waals surface area contributed by atoms with Gasteiger partial charge in [-0.3, -0.25) is 4.79 Å². The number of aromatic nitrogens is 3. The number of amides is 1. The molecular formula is C22H16ClFN4O. The number of carbonyl (C=O) groups excluding carboxylic acids is 1. The average molecular weight is 407 g/mol. The van der Waals surface area contributed by atoms with E-state index in [1.54, 1.807) is 36.4 Å². The van der Waals surface area contributed by atoms with Crippen molar-refractivity contribution in [1.29, 1.82) is 0 Å². The number of aryl methyl sites for hydroxylation is 1. The molecule has 0 bridgehead atoms. The predicted octanol–water partition coefficient (Wildman–Crippen LogP) is 5.29. The number of benzene rings is 3. The molecule has 3 aromatic carbocycles. The van der Waals surface area contributed by atoms with Crippen molar-refractivity contribution in [1.82, 2.24) is 14.8 Å². The van der Waals surface area contributed by atoms with Gasteiger partial charge in [0.1, 0.15) is 5.82 Å². The lowest BCUT2D eigenvalue weighted by atomic mass is 10.1. The van der Waals surface area contributed by atoms with E-state index >= 15 is 0 Å². The first-order valence-electron chi connectivity index (χ1n) is 8.86. The quantitative estimate of drug-likeness (QED) is 0.501. The van der Waals surface area contributed by atoms with Crippen LogP contribution >= 0.6 is 11.6 Å². The van der Waals surface area contributed by atoms with Crippen LogP contribution in [0.2, 0.25) is 5.02 Å². The standard InChI is InChI=1S/C22H16ClFN4O/c1-14-4-2-5-15(12-14)21-26-20(22(29)25-18-7-3-6-16(23)13-18)27-28(21)19-10-8-17(24)9-11-19/h2-13H,1H3,(H,25,29). The molecule has 5 nitrogen and oxygen atoms in total. The Bertz CT molecular complexity index is 1190. The van der Waals surface area contributed by atoms with Crippen LogP contribution < -0.4 is 5.32 Å². The van der Waals surface area contributed by atoms with Gasteiger partial charge in [0.25, 0.3) is 5.91 Å². The summed E-state index contributed by atoms with van der Waals surface area (Å²) in [4.78, 5) is 17.2. The first-order valence-corrected chi connectivity index (χ1v) is 9.24. The number of hydrogen-bond donors (Lipinski definition) is 1. The second-order valence-electron chi connectivity index (χ2n) is 6.48. The number of nitrogens with one attached hydrogen (secondary N) is 1. The van der Waals surface area contributed by atoms with E-state index in [2.05, 4.69) is 15.4 Å². The van der Waals surface area contributed by atoms with Gasteiger partial charge in [-0.2, -0.15) is 0 Å². The molecule has 0 aliphatic heterocycles. The Morgan fingerprint density at radius 1 is 1.03 bits per heavy atom. The van der Waals surface area contributed by atoms with Gasteiger partial charge in [0.05, 0.1) is 5.69 Å². The molecule has 0 spiro atoms. The van der Waals surface area contributed by atoms with Crippen molar-refractivity contribution in [3.05, 3.63) is 95.0 Å². The lowest BCUT2D eigenvalue weighted by Gasteiger charge is -2.06. The number of nitrogens with zero attached hydrogens (tertiary/aromatic N) is 3. The van der Waals surface area contributed by atoms with Crippen LogP contribution in [0, 0.1) is 12.7 Å². The van der Waals surface area contributed by atoms with Gasteiger partial charge in [0.2, 0.25) is 5.82 Å². The maximum Gasteiger partial charge on any atom is 0.295 e. The smallest absolute Gasteiger partial charge is 0.295 e. The number of halogens is 2. The fourth-order valence-corrected chi connectivity index (χ4v) is 3.09. The molecule has 1 aromatic heterocycles. The van der Waals surface area contributed by atoms with E-state index in [1.807, 2.05) is 31.2 Å². The van der Waals surface area contributed by atoms with E-state index in [0.717, 1.165) is 11.1 Å². The van der Waals surface area contributed by atoms with Crippen LogP contribution in [0.1, 0.15) is 16.2 Å². The molecular weight excluding hydrogens is 391 g/mol. The number of carbonyl (C=O) groups is 1. The molecule has 7 heteroatoms. The van der Waals surface area contributed by atoms with Crippen LogP contribution in [0.5, 0.6) is 0 Å². The highest BCUT2D eigenvalue weighted by Crippen LogP contribution is 2.23. The Balaban J connectivity index is 1.76. The molecule has 1 amide bonds. The third-order valence-electron chi connectivity index (χ3n) is 4.24. The lowest BCUT2D eigenvalue weighted by molar-refractivity contribution is 0.101. The zero-order valence-corrected chi connectivity index (χ0v) is 16.2. The maximum absolute atomic E-state index is 13.4. The van der Waals surface area contributed by atoms with Crippen LogP contribution in [0.3, 0.4) is 0 Å². The summed E-state index contributed by atoms with van der Waals surface area (Å²) in [7, 11) is 0. The molecule has 4 rings (SSSR count). The van der Waals surface area contributed by atoms with E-state index in [-0.39, 0.29) is 11.6 Å². The van der Waals surface area contributed by atoms with Crippen LogP contribution in [0.25, 0.3) is 17.1 Å². The minimum atomic E-state index is -0.470. The maximum atomic E-state index is 13.4. The molecule has 29 heavy (non-hydrogen) atoms. The highest BCUT2D eigenvalue weighted by molar-refractivity contribution is 6.30. The lowest BCUT2D eigenvalue weighted by Crippen LogP contribution is -2.14. The van der Waals surface area contributed by atoms with Gasteiger partial charge in [-0.05, 0) is 55.5 Å². The number of anilines is 1. The minimum absolute atomic E-state index is 0.00851. The van der Waals surface area contributed by atoms with Gasteiger partial charge >= 0.3 is 0 Å². The summed E-state index contributed by atoms with van der Waals surface area (Å²) in [6.45, 7) is 1.97. The van der Waals surface area contributed by atoms with Crippen molar-refractivity contribution in [2.75, 3.05) is 5.32 Å². The molecule has 0 fully saturated rings. The predicted molar refractivity (Wildman–Crippen MR) is 111 cm³/mol. The third kappa shape index (κ3) is 4.17. The van der Waals surface area contributed by atoms with Crippen LogP contribution in [0.15, 0.2) is 72.8 Å². The van der Waals surface area contributed by atoms with Gasteiger partial charge in [0, 0.05) is 16.3 Å². The summed E-state index contributed by atoms with van der Waals surface area (Å²) >= 11 is 5.97. The molecule has 0 unspecified atom stereocenters. The van der Waals surface area contributed by atoms with Gasteiger partial charge in [0.15, 0.2) is 5.82 Å². The third-order valence-corrected chi connectivity index (χ3v) is 4.48. The topological polar surface area (TPSA) is 59.8 Å². The average Bonchev–Trinajstić information content (AvgIpc) is 3.14. The van der Waals surface area contributed by atoms with Gasteiger partial charge < -0.3 is 5.32 Å². The fourth-order valence-electron chi connectivity index (χ4n) is 2.89. The summed E-state index contributed by atoms with van der Waals surface area (Å²) < 4.78 is 14.9. The highest BCUT2D eigenvalue weighted by Gasteiger charge is 2.19. The first-order chi connectivity index (χ1) is 14.0. The summed E-state index contributed by atoms with van der Waals surface area (Å²) in [6.07, 6.45) is 0. The second kappa shape index (κ2) is 7.85. The molecule has 1 N–H and O–H groups in total. The van der Waals surface area contributed by atoms with Crippen molar-refractivity contribution in [3.63, 3.8) is 0 Å². The second-order valence-corrected chi connectivity index (χ2v) is 6.92. The molecule has 0 atom stereocenters. The van der Waals surface area contributed by atoms with Crippen LogP contribution in [-0.2, 0) is 0 Å². The Morgan fingerprint density at radius 3 is 2.52 bits per heavy atom. The normalized spacial score (nSPS) is 10.7. The monoisotopic (exact) mass is 406 g/mol. The van der Waals surface area contributed by atoms with E-state index in [4.69, 9.17) is 11.6 Å². The van der Waals surface area contributed by atoms with Crippen molar-refractivity contribution >= 4 is 23.2 Å². The molecule has 0 aliphatic rings. The molecule has 0 aliphatic carbocycles. The van der Waals surface area contributed by atoms with E-state index in [0.29, 0.717) is 22.2 Å². The summed E-state index contributed by atoms with van der Waals surface area (Å²) in [6, 6.07) is 20.4. The van der Waals surface area contributed by atoms with Crippen molar-refractivity contribution < 1.29 is 9.18 Å². The molecule has 0 saturated heterocycles. The molecule has 0 saturated carbocycles. The highest BCUT2D eigenvalue weighted by atomic mass is 35.5. The zero-order valence-electron chi connectivity index (χ0n) is 15.4. The van der Waals surface area contributed by atoms with Crippen LogP contribution in [0.4, 0.5) is 10.1 Å². The SMILES string of the molecule is Cc1cccc(-c2nc(C(=O)Nc3cccc(Cl)c3)nn2-c2ccc(F)cc2)c1. The number of rotatable bonds is 4. The Labute approximate surface area is 171 Å². The fraction of sp³-hybridized carbons (Fsp3) is 0.0455. The van der Waals surface area contributed by atoms with Crippen molar-refractivity contribution in [2.24, 2.45) is 0 Å². The first kappa shape index (κ1) is 18.8. The largest absolute Gasteiger partial charge is 0.319 e. The number of hydrogen-bond acceptors (Lipinski definition) is 3. The van der Waals surface area contributed by atoms with Gasteiger partial charge in [-0.1, -0.05) is 41.4 Å². The zero-order chi connectivity index (χ0) is 20.4. The van der Waals surface area contributed by atoms with E-state index < -0.39 is 5.91 Å². The summed E-state index contributed by atoms with van der Waals surface area (Å²) in [5.41, 5.74) is 2.97. The molecule has 144 valence electrons. The molecule has 4 aromatic rings. The minimum Gasteiger partial charge on any atom is -0.319 e. The Morgan fingerprint density at radius 2 is 1.79 bits per heavy atom. The van der Waals surface area contributed by atoms with E-state index in [1.165, 1.54) is 16.8 Å². The van der Waals surface area contributed by atoms with Crippen LogP contribution in [-0.4, -0.2) is 20.7 Å². The molecule has 0 radical (unpaired) electrons. The Kier molecular flexibility index (Phi) is 5.10. The Hall–Kier alpha value is -3.51. The van der Waals surface area contributed by atoms with Crippen molar-refractivity contribution in [3.8, 4) is 17.1 Å². The molecule has 1 heterocycles. The summed E-state index contributed by atoms with van der Waals surface area (Å²) in [5, 5.41) is 7.62. The van der Waals surface area contributed by atoms with Gasteiger partial charge in [-0.25, -0.2) is 14.1 Å².